The Morgan fingerprint density at radius 3 is 2.33 bits per heavy atom. The van der Waals surface area contributed by atoms with Crippen LogP contribution in [0.4, 0.5) is 37.2 Å². The van der Waals surface area contributed by atoms with E-state index < -0.39 is 30.1 Å². The number of halogens is 6. The van der Waals surface area contributed by atoms with Crippen molar-refractivity contribution in [3.8, 4) is 0 Å². The van der Waals surface area contributed by atoms with Crippen molar-refractivity contribution in [2.45, 2.75) is 16.9 Å². The second kappa shape index (κ2) is 7.88. The van der Waals surface area contributed by atoms with E-state index in [9.17, 15) is 26.3 Å². The molecule has 0 saturated carbocycles. The van der Waals surface area contributed by atoms with Crippen LogP contribution in [0.15, 0.2) is 40.5 Å². The molecule has 0 unspecified atom stereocenters. The van der Waals surface area contributed by atoms with E-state index in [2.05, 4.69) is 15.5 Å². The highest BCUT2D eigenvalue weighted by molar-refractivity contribution is 8.01. The van der Waals surface area contributed by atoms with Gasteiger partial charge in [0, 0.05) is 17.9 Å². The Morgan fingerprint density at radius 2 is 1.75 bits per heavy atom. The molecule has 0 atom stereocenters. The molecule has 0 radical (unpaired) electrons. The molecule has 0 saturated heterocycles. The Labute approximate surface area is 140 Å². The van der Waals surface area contributed by atoms with E-state index in [1.54, 1.807) is 0 Å². The van der Waals surface area contributed by atoms with Gasteiger partial charge in [-0.2, -0.15) is 22.0 Å². The van der Waals surface area contributed by atoms with E-state index in [0.29, 0.717) is 15.2 Å². The number of hydrogen-bond acceptors (Lipinski definition) is 5. The van der Waals surface area contributed by atoms with Gasteiger partial charge in [0.05, 0.1) is 5.56 Å². The molecule has 0 amide bonds. The van der Waals surface area contributed by atoms with Crippen LogP contribution >= 0.6 is 23.1 Å². The van der Waals surface area contributed by atoms with Crippen LogP contribution in [-0.2, 0) is 6.18 Å². The number of nitrogens with one attached hydrogen (secondary N) is 1. The van der Waals surface area contributed by atoms with E-state index in [0.717, 1.165) is 35.2 Å². The molecule has 11 heteroatoms. The molecule has 2 rings (SSSR count). The molecule has 1 heterocycles. The third-order valence-electron chi connectivity index (χ3n) is 2.62. The molecule has 0 fully saturated rings. The second-order valence-corrected chi connectivity index (χ2v) is 6.66. The van der Waals surface area contributed by atoms with Gasteiger partial charge in [-0.1, -0.05) is 23.1 Å². The van der Waals surface area contributed by atoms with Crippen molar-refractivity contribution in [3.05, 3.63) is 41.7 Å². The summed E-state index contributed by atoms with van der Waals surface area (Å²) < 4.78 is 74.2. The molecule has 3 nitrogen and oxygen atoms in total. The van der Waals surface area contributed by atoms with Gasteiger partial charge in [-0.3, -0.25) is 0 Å². The molecular weight excluding hydrogens is 376 g/mol. The lowest BCUT2D eigenvalue weighted by Gasteiger charge is -2.07. The van der Waals surface area contributed by atoms with Gasteiger partial charge in [0.25, 0.3) is 0 Å². The summed E-state index contributed by atoms with van der Waals surface area (Å²) in [7, 11) is 0. The Morgan fingerprint density at radius 1 is 1.08 bits per heavy atom. The number of rotatable bonds is 6. The van der Waals surface area contributed by atoms with Crippen LogP contribution in [0.3, 0.4) is 0 Å². The Balaban J connectivity index is 1.90. The number of alkyl halides is 3. The van der Waals surface area contributed by atoms with E-state index in [-0.39, 0.29) is 5.75 Å². The topological polar surface area (TPSA) is 37.8 Å². The monoisotopic (exact) mass is 385 g/mol. The van der Waals surface area contributed by atoms with Gasteiger partial charge in [-0.15, -0.1) is 10.2 Å². The first kappa shape index (κ1) is 18.6. The predicted molar refractivity (Wildman–Crippen MR) is 80.3 cm³/mol. The fourth-order valence-corrected chi connectivity index (χ4v) is 3.28. The molecule has 0 aliphatic carbocycles. The van der Waals surface area contributed by atoms with E-state index in [1.165, 1.54) is 12.1 Å². The number of nitrogens with zero attached hydrogens (tertiary/aromatic N) is 2. The molecule has 1 aromatic carbocycles. The van der Waals surface area contributed by atoms with Gasteiger partial charge in [0.2, 0.25) is 5.13 Å². The summed E-state index contributed by atoms with van der Waals surface area (Å²) in [6, 6.07) is 4.36. The van der Waals surface area contributed by atoms with Crippen LogP contribution in [0.2, 0.25) is 0 Å². The van der Waals surface area contributed by atoms with Crippen molar-refractivity contribution >= 4 is 33.9 Å². The summed E-state index contributed by atoms with van der Waals surface area (Å²) in [5.41, 5.74) is -0.374. The standard InChI is InChI=1S/C13H9F6N3S2/c14-9(10(15)16)5-6-23-12-22-21-11(24-12)20-8-3-1-7(2-4-8)13(17,18)19/h1-4H,5-6H2,(H,20,21). The maximum atomic E-state index is 12.6. The minimum absolute atomic E-state index is 0.0675. The lowest BCUT2D eigenvalue weighted by atomic mass is 10.2. The van der Waals surface area contributed by atoms with Crippen molar-refractivity contribution < 1.29 is 26.3 Å². The zero-order valence-electron chi connectivity index (χ0n) is 11.7. The Kier molecular flexibility index (Phi) is 6.10. The van der Waals surface area contributed by atoms with Crippen LogP contribution in [0.5, 0.6) is 0 Å². The number of allylic oxidation sites excluding steroid dienone is 1. The fourth-order valence-electron chi connectivity index (χ4n) is 1.51. The van der Waals surface area contributed by atoms with Gasteiger partial charge < -0.3 is 5.32 Å². The van der Waals surface area contributed by atoms with Gasteiger partial charge >= 0.3 is 12.3 Å². The van der Waals surface area contributed by atoms with Crippen molar-refractivity contribution in [3.63, 3.8) is 0 Å². The molecule has 2 aromatic rings. The molecule has 24 heavy (non-hydrogen) atoms. The normalized spacial score (nSPS) is 11.4. The number of hydrogen-bond donors (Lipinski definition) is 1. The summed E-state index contributed by atoms with van der Waals surface area (Å²) in [4.78, 5) is 0. The predicted octanol–water partition coefficient (Wildman–Crippen LogP) is 5.86. The highest BCUT2D eigenvalue weighted by atomic mass is 32.2. The summed E-state index contributed by atoms with van der Waals surface area (Å²) in [5.74, 6) is -1.40. The van der Waals surface area contributed by atoms with Gasteiger partial charge in [0.15, 0.2) is 10.2 Å². The molecule has 1 N–H and O–H groups in total. The zero-order valence-corrected chi connectivity index (χ0v) is 13.3. The summed E-state index contributed by atoms with van der Waals surface area (Å²) >= 11 is 2.13. The maximum absolute atomic E-state index is 12.6. The first-order valence-electron chi connectivity index (χ1n) is 6.36. The summed E-state index contributed by atoms with van der Waals surface area (Å²) in [6.07, 6.45) is -7.17. The second-order valence-electron chi connectivity index (χ2n) is 4.34. The zero-order chi connectivity index (χ0) is 17.7. The molecule has 0 aliphatic heterocycles. The van der Waals surface area contributed by atoms with E-state index >= 15 is 0 Å². The van der Waals surface area contributed by atoms with Crippen LogP contribution < -0.4 is 5.32 Å². The third kappa shape index (κ3) is 5.41. The van der Waals surface area contributed by atoms with Crippen LogP contribution in [0.25, 0.3) is 0 Å². The smallest absolute Gasteiger partial charge is 0.330 e. The third-order valence-corrected chi connectivity index (χ3v) is 4.60. The van der Waals surface area contributed by atoms with Crippen molar-refractivity contribution in [2.75, 3.05) is 11.1 Å². The van der Waals surface area contributed by atoms with E-state index in [1.807, 2.05) is 0 Å². The lowest BCUT2D eigenvalue weighted by Crippen LogP contribution is -2.04. The average molecular weight is 385 g/mol. The Hall–Kier alpha value is -1.75. The molecule has 0 spiro atoms. The van der Waals surface area contributed by atoms with Crippen LogP contribution in [-0.4, -0.2) is 16.0 Å². The first-order valence-corrected chi connectivity index (χ1v) is 8.16. The number of thioether (sulfide) groups is 1. The molecule has 130 valence electrons. The van der Waals surface area contributed by atoms with Gasteiger partial charge in [-0.25, -0.2) is 4.39 Å². The first-order chi connectivity index (χ1) is 11.3. The lowest BCUT2D eigenvalue weighted by molar-refractivity contribution is -0.137. The highest BCUT2D eigenvalue weighted by Gasteiger charge is 2.29. The molecule has 1 aromatic heterocycles. The average Bonchev–Trinajstić information content (AvgIpc) is 2.94. The largest absolute Gasteiger partial charge is 0.416 e. The minimum Gasteiger partial charge on any atom is -0.330 e. The molecular formula is C13H9F6N3S2. The molecule has 0 bridgehead atoms. The number of aromatic nitrogens is 2. The summed E-state index contributed by atoms with van der Waals surface area (Å²) in [6.45, 7) is 0. The Bertz CT molecular complexity index is 707. The van der Waals surface area contributed by atoms with Crippen molar-refractivity contribution in [1.82, 2.24) is 10.2 Å². The van der Waals surface area contributed by atoms with Crippen molar-refractivity contribution in [1.29, 1.82) is 0 Å². The number of benzene rings is 1. The fraction of sp³-hybridized carbons (Fsp3) is 0.231. The SMILES string of the molecule is FC(F)=C(F)CCSc1nnc(Nc2ccc(C(F)(F)F)cc2)s1. The maximum Gasteiger partial charge on any atom is 0.416 e. The van der Waals surface area contributed by atoms with Gasteiger partial charge in [-0.05, 0) is 24.3 Å². The molecule has 0 aliphatic rings. The van der Waals surface area contributed by atoms with E-state index in [4.69, 9.17) is 0 Å². The quantitative estimate of drug-likeness (QED) is 0.499. The minimum atomic E-state index is -4.41. The highest BCUT2D eigenvalue weighted by Crippen LogP contribution is 2.32. The van der Waals surface area contributed by atoms with Crippen LogP contribution in [0.1, 0.15) is 12.0 Å². The number of anilines is 2. The van der Waals surface area contributed by atoms with Gasteiger partial charge in [0.1, 0.15) is 0 Å². The summed E-state index contributed by atoms with van der Waals surface area (Å²) in [5, 5.41) is 10.7. The van der Waals surface area contributed by atoms with Crippen molar-refractivity contribution in [2.24, 2.45) is 0 Å². The van der Waals surface area contributed by atoms with Crippen LogP contribution in [0, 0.1) is 0 Å².